The molecule has 4 rings (SSSR count). The molecule has 1 atom stereocenters. The van der Waals surface area contributed by atoms with E-state index in [1.165, 1.54) is 18.4 Å². The molecule has 0 aliphatic carbocycles. The number of amides is 4. The number of thiazole rings is 1. The minimum atomic E-state index is -0.401. The first-order valence-electron chi connectivity index (χ1n) is 9.75. The highest BCUT2D eigenvalue weighted by molar-refractivity contribution is 7.13. The molecule has 2 aromatic rings. The van der Waals surface area contributed by atoms with Gasteiger partial charge in [0.15, 0.2) is 5.13 Å². The number of likely N-dealkylation sites (tertiary alicyclic amines) is 1. The second-order valence-electron chi connectivity index (χ2n) is 7.71. The van der Waals surface area contributed by atoms with Gasteiger partial charge in [0.25, 0.3) is 0 Å². The van der Waals surface area contributed by atoms with Crippen molar-refractivity contribution >= 4 is 51.8 Å². The third-order valence-electron chi connectivity index (χ3n) is 5.71. The molecule has 1 unspecified atom stereocenters. The van der Waals surface area contributed by atoms with Crippen molar-refractivity contribution in [2.75, 3.05) is 37.0 Å². The van der Waals surface area contributed by atoms with Crippen LogP contribution in [0, 0.1) is 0 Å². The van der Waals surface area contributed by atoms with Crippen LogP contribution in [-0.2, 0) is 21.4 Å². The van der Waals surface area contributed by atoms with E-state index >= 15 is 0 Å². The van der Waals surface area contributed by atoms with Gasteiger partial charge in [0, 0.05) is 47.6 Å². The van der Waals surface area contributed by atoms with Crippen LogP contribution >= 0.6 is 22.9 Å². The summed E-state index contributed by atoms with van der Waals surface area (Å²) in [6.45, 7) is 1.41. The highest BCUT2D eigenvalue weighted by Crippen LogP contribution is 2.47. The zero-order valence-corrected chi connectivity index (χ0v) is 18.5. The first kappa shape index (κ1) is 21.4. The van der Waals surface area contributed by atoms with Gasteiger partial charge in [-0.2, -0.15) is 0 Å². The molecule has 11 heteroatoms. The fourth-order valence-corrected chi connectivity index (χ4v) is 5.12. The number of nitrogens with zero attached hydrogens (tertiary/aromatic N) is 3. The fourth-order valence-electron chi connectivity index (χ4n) is 4.22. The van der Waals surface area contributed by atoms with E-state index in [0.29, 0.717) is 48.3 Å². The summed E-state index contributed by atoms with van der Waals surface area (Å²) in [4.78, 5) is 43.8. The Morgan fingerprint density at radius 1 is 1.35 bits per heavy atom. The van der Waals surface area contributed by atoms with Gasteiger partial charge < -0.3 is 15.4 Å². The van der Waals surface area contributed by atoms with E-state index in [0.717, 1.165) is 11.3 Å². The number of hydrogen-bond donors (Lipinski definition) is 2. The number of primary amides is 1. The second-order valence-corrected chi connectivity index (χ2v) is 9.00. The molecule has 9 nitrogen and oxygen atoms in total. The van der Waals surface area contributed by atoms with E-state index in [2.05, 4.69) is 10.3 Å². The van der Waals surface area contributed by atoms with E-state index in [-0.39, 0.29) is 18.5 Å². The molecule has 4 amide bonds. The normalized spacial score (nSPS) is 19.5. The molecule has 3 N–H and O–H groups in total. The minimum Gasteiger partial charge on any atom is -0.453 e. The number of nitrogens with two attached hydrogens (primary N) is 1. The lowest BCUT2D eigenvalue weighted by Gasteiger charge is -2.25. The molecular weight excluding hydrogens is 442 g/mol. The Bertz CT molecular complexity index is 1040. The lowest BCUT2D eigenvalue weighted by atomic mass is 9.81. The van der Waals surface area contributed by atoms with E-state index in [1.54, 1.807) is 21.2 Å². The molecule has 0 bridgehead atoms. The molecule has 164 valence electrons. The van der Waals surface area contributed by atoms with Gasteiger partial charge in [-0.3, -0.25) is 15.0 Å². The number of carbonyl (C=O) groups excluding carboxylic acids is 3. The molecule has 0 radical (unpaired) electrons. The molecule has 1 spiro atoms. The van der Waals surface area contributed by atoms with Gasteiger partial charge in [0.1, 0.15) is 0 Å². The van der Waals surface area contributed by atoms with Crippen molar-refractivity contribution in [1.29, 1.82) is 0 Å². The number of urea groups is 1. The van der Waals surface area contributed by atoms with Crippen LogP contribution < -0.4 is 16.0 Å². The first-order valence-corrected chi connectivity index (χ1v) is 11.0. The lowest BCUT2D eigenvalue weighted by Crippen LogP contribution is -2.41. The summed E-state index contributed by atoms with van der Waals surface area (Å²) in [5.74, 6) is -0.395. The third kappa shape index (κ3) is 4.17. The van der Waals surface area contributed by atoms with E-state index < -0.39 is 11.3 Å². The third-order valence-corrected chi connectivity index (χ3v) is 6.75. The van der Waals surface area contributed by atoms with Crippen LogP contribution in [0.1, 0.15) is 24.1 Å². The maximum absolute atomic E-state index is 13.1. The Morgan fingerprint density at radius 3 is 2.90 bits per heavy atom. The molecule has 0 saturated carbocycles. The zero-order chi connectivity index (χ0) is 22.2. The standard InChI is InChI=1S/C20H22ClN5O4S/c1-30-19(29)25-7-6-20(10-25)11-26(15-4-2-12(21)8-14(15)20)18(28)24-17-23-13(9-31-17)3-5-16(22)27/h2,4,8-9H,3,5-7,10-11H2,1H3,(H2,22,27)(H,23,24,28). The van der Waals surface area contributed by atoms with Gasteiger partial charge >= 0.3 is 12.1 Å². The smallest absolute Gasteiger partial charge is 0.409 e. The number of ether oxygens (including phenoxy) is 1. The number of rotatable bonds is 4. The fraction of sp³-hybridized carbons (Fsp3) is 0.400. The summed E-state index contributed by atoms with van der Waals surface area (Å²) >= 11 is 7.55. The predicted octanol–water partition coefficient (Wildman–Crippen LogP) is 2.98. The summed E-state index contributed by atoms with van der Waals surface area (Å²) in [5.41, 5.74) is 7.19. The molecule has 1 aromatic carbocycles. The second kappa shape index (κ2) is 8.35. The van der Waals surface area contributed by atoms with Crippen molar-refractivity contribution in [2.24, 2.45) is 5.73 Å². The van der Waals surface area contributed by atoms with E-state index in [4.69, 9.17) is 22.1 Å². The van der Waals surface area contributed by atoms with Gasteiger partial charge in [0.05, 0.1) is 12.8 Å². The average Bonchev–Trinajstić information content (AvgIpc) is 3.45. The average molecular weight is 464 g/mol. The van der Waals surface area contributed by atoms with Crippen LogP contribution in [0.2, 0.25) is 5.02 Å². The van der Waals surface area contributed by atoms with Crippen LogP contribution in [0.4, 0.5) is 20.4 Å². The maximum Gasteiger partial charge on any atom is 0.409 e. The lowest BCUT2D eigenvalue weighted by molar-refractivity contribution is -0.118. The number of anilines is 2. The maximum atomic E-state index is 13.1. The van der Waals surface area contributed by atoms with Crippen molar-refractivity contribution < 1.29 is 19.1 Å². The summed E-state index contributed by atoms with van der Waals surface area (Å²) < 4.78 is 4.87. The van der Waals surface area contributed by atoms with Crippen molar-refractivity contribution in [3.63, 3.8) is 0 Å². The van der Waals surface area contributed by atoms with Gasteiger partial charge in [-0.1, -0.05) is 11.6 Å². The number of aryl methyl sites for hydroxylation is 1. The van der Waals surface area contributed by atoms with Crippen LogP contribution in [0.25, 0.3) is 0 Å². The molecule has 1 aromatic heterocycles. The quantitative estimate of drug-likeness (QED) is 0.722. The monoisotopic (exact) mass is 463 g/mol. The van der Waals surface area contributed by atoms with Gasteiger partial charge in [-0.15, -0.1) is 11.3 Å². The molecule has 3 heterocycles. The Labute approximate surface area is 188 Å². The molecule has 1 saturated heterocycles. The van der Waals surface area contributed by atoms with Crippen LogP contribution in [0.5, 0.6) is 0 Å². The summed E-state index contributed by atoms with van der Waals surface area (Å²) in [6.07, 6.45) is 0.957. The number of carbonyl (C=O) groups is 3. The van der Waals surface area contributed by atoms with Crippen molar-refractivity contribution in [3.8, 4) is 0 Å². The van der Waals surface area contributed by atoms with Crippen LogP contribution in [0.3, 0.4) is 0 Å². The van der Waals surface area contributed by atoms with E-state index in [1.807, 2.05) is 12.1 Å². The number of aromatic nitrogens is 1. The Balaban J connectivity index is 1.54. The summed E-state index contributed by atoms with van der Waals surface area (Å²) in [5, 5.41) is 5.66. The number of halogens is 1. The zero-order valence-electron chi connectivity index (χ0n) is 16.9. The molecular formula is C20H22ClN5O4S. The SMILES string of the molecule is COC(=O)N1CCC2(C1)CN(C(=O)Nc1nc(CCC(N)=O)cs1)c1ccc(Cl)cc12. The first-order chi connectivity index (χ1) is 14.8. The Hall–Kier alpha value is -2.85. The van der Waals surface area contributed by atoms with Gasteiger partial charge in [-0.05, 0) is 36.6 Å². The highest BCUT2D eigenvalue weighted by Gasteiger charge is 2.50. The number of fused-ring (bicyclic) bond motifs is 2. The van der Waals surface area contributed by atoms with Crippen LogP contribution in [0.15, 0.2) is 23.6 Å². The summed E-state index contributed by atoms with van der Waals surface area (Å²) in [7, 11) is 1.36. The van der Waals surface area contributed by atoms with Gasteiger partial charge in [0.2, 0.25) is 5.91 Å². The molecule has 2 aliphatic heterocycles. The van der Waals surface area contributed by atoms with Crippen molar-refractivity contribution in [1.82, 2.24) is 9.88 Å². The Kier molecular flexibility index (Phi) is 5.76. The molecule has 1 fully saturated rings. The topological polar surface area (TPSA) is 118 Å². The summed E-state index contributed by atoms with van der Waals surface area (Å²) in [6, 6.07) is 5.13. The highest BCUT2D eigenvalue weighted by atomic mass is 35.5. The number of benzene rings is 1. The predicted molar refractivity (Wildman–Crippen MR) is 118 cm³/mol. The molecule has 2 aliphatic rings. The van der Waals surface area contributed by atoms with Gasteiger partial charge in [-0.25, -0.2) is 14.6 Å². The largest absolute Gasteiger partial charge is 0.453 e. The number of nitrogens with one attached hydrogen (secondary N) is 1. The molecule has 31 heavy (non-hydrogen) atoms. The Morgan fingerprint density at radius 2 is 2.16 bits per heavy atom. The van der Waals surface area contributed by atoms with Crippen LogP contribution in [-0.4, -0.2) is 54.7 Å². The van der Waals surface area contributed by atoms with Crippen molar-refractivity contribution in [3.05, 3.63) is 39.9 Å². The number of hydrogen-bond acceptors (Lipinski definition) is 6. The van der Waals surface area contributed by atoms with Crippen molar-refractivity contribution in [2.45, 2.75) is 24.7 Å². The van der Waals surface area contributed by atoms with E-state index in [9.17, 15) is 14.4 Å². The number of methoxy groups -OCH3 is 1. The minimum absolute atomic E-state index is 0.205.